The molecule has 0 heterocycles. The second kappa shape index (κ2) is 31.0. The smallest absolute Gasteiger partial charge is 0.246 e. The van der Waals surface area contributed by atoms with E-state index in [1.807, 2.05) is 36.4 Å². The molecule has 0 saturated heterocycles. The average Bonchev–Trinajstić information content (AvgIpc) is 3.47. The van der Waals surface area contributed by atoms with Gasteiger partial charge in [0.25, 0.3) is 0 Å². The molecule has 416 valence electrons. The van der Waals surface area contributed by atoms with Crippen molar-refractivity contribution in [1.82, 2.24) is 16.0 Å². The SMILES string of the molecule is NCCCC[C@H](NC(=O)Cc1ccc(O)cc1)C(=O)Nc1ccc(C(c2ccc(NC(=O)[C@H](CCCCN)NC(=O)Cc3ccc(O)cc3)cc2)c2ccc(NC(=O)[C@H](CCCCN)NC(=O)Cc3ccc(O)cc3)cc2)cc1. The number of aromatic hydroxyl groups is 3. The van der Waals surface area contributed by atoms with Crippen LogP contribution in [0.2, 0.25) is 0 Å². The molecule has 0 bridgehead atoms. The number of nitrogens with two attached hydrogens (primary N) is 3. The van der Waals surface area contributed by atoms with Gasteiger partial charge in [0.1, 0.15) is 35.4 Å². The topological polar surface area (TPSA) is 313 Å². The highest BCUT2D eigenvalue weighted by Gasteiger charge is 2.25. The lowest BCUT2D eigenvalue weighted by Gasteiger charge is -2.22. The third-order valence-corrected chi connectivity index (χ3v) is 13.2. The largest absolute Gasteiger partial charge is 0.508 e. The average molecular weight is 1080 g/mol. The standard InChI is InChI=1S/C61H73N9O9/c62-34-4-1-7-52(68-55(74)37-40-10-28-49(71)29-11-40)59(77)65-46-22-16-43(17-23-46)58(44-18-24-47(25-19-44)66-60(78)53(8-2-5-35-63)69-56(75)38-41-12-30-50(72)31-13-41)45-20-26-48(27-21-45)67-61(79)54(9-3-6-36-64)70-57(76)39-42-14-32-51(73)33-15-42/h10-33,52-54,58,71-73H,1-9,34-39,62-64H2,(H,65,77)(H,66,78)(H,67,79)(H,68,74)(H,69,75)(H,70,76)/t52-,53-,54-/m0/s1. The zero-order chi connectivity index (χ0) is 56.5. The predicted octanol–water partition coefficient (Wildman–Crippen LogP) is 6.37. The van der Waals surface area contributed by atoms with Crippen LogP contribution < -0.4 is 49.1 Å². The van der Waals surface area contributed by atoms with Crippen LogP contribution in [0.5, 0.6) is 17.2 Å². The Hall–Kier alpha value is -8.58. The minimum atomic E-state index is -0.840. The van der Waals surface area contributed by atoms with Gasteiger partial charge in [-0.3, -0.25) is 28.8 Å². The zero-order valence-corrected chi connectivity index (χ0v) is 44.3. The number of anilines is 3. The lowest BCUT2D eigenvalue weighted by atomic mass is 9.85. The van der Waals surface area contributed by atoms with E-state index in [2.05, 4.69) is 31.9 Å². The predicted molar refractivity (Wildman–Crippen MR) is 306 cm³/mol. The molecule has 6 aromatic carbocycles. The van der Waals surface area contributed by atoms with Gasteiger partial charge in [-0.2, -0.15) is 0 Å². The Morgan fingerprint density at radius 1 is 0.342 bits per heavy atom. The van der Waals surface area contributed by atoms with E-state index in [0.29, 0.717) is 111 Å². The van der Waals surface area contributed by atoms with Crippen LogP contribution in [0.15, 0.2) is 146 Å². The van der Waals surface area contributed by atoms with Crippen molar-refractivity contribution in [3.8, 4) is 17.2 Å². The van der Waals surface area contributed by atoms with E-state index in [4.69, 9.17) is 17.2 Å². The molecule has 18 heteroatoms. The van der Waals surface area contributed by atoms with Gasteiger partial charge >= 0.3 is 0 Å². The van der Waals surface area contributed by atoms with E-state index in [1.54, 1.807) is 72.8 Å². The number of amides is 6. The van der Waals surface area contributed by atoms with Gasteiger partial charge in [0.15, 0.2) is 0 Å². The number of phenolic OH excluding ortho intramolecular Hbond substituents is 3. The first-order valence-electron chi connectivity index (χ1n) is 26.7. The highest BCUT2D eigenvalue weighted by atomic mass is 16.3. The van der Waals surface area contributed by atoms with Crippen LogP contribution in [0.1, 0.15) is 97.1 Å². The molecule has 0 radical (unpaired) electrons. The summed E-state index contributed by atoms with van der Waals surface area (Å²) < 4.78 is 0. The van der Waals surface area contributed by atoms with Gasteiger partial charge in [0, 0.05) is 23.0 Å². The summed E-state index contributed by atoms with van der Waals surface area (Å²) in [7, 11) is 0. The molecular weight excluding hydrogens is 1000 g/mol. The summed E-state index contributed by atoms with van der Waals surface area (Å²) in [5.74, 6) is -2.39. The summed E-state index contributed by atoms with van der Waals surface area (Å²) in [6, 6.07) is 38.3. The first-order chi connectivity index (χ1) is 38.2. The molecule has 0 aliphatic heterocycles. The van der Waals surface area contributed by atoms with E-state index >= 15 is 0 Å². The summed E-state index contributed by atoms with van der Waals surface area (Å²) in [5.41, 5.74) is 23.3. The Kier molecular flexibility index (Phi) is 23.4. The van der Waals surface area contributed by atoms with Gasteiger partial charge in [0.2, 0.25) is 35.4 Å². The Balaban J connectivity index is 1.22. The molecule has 0 aliphatic rings. The molecule has 6 amide bonds. The van der Waals surface area contributed by atoms with E-state index < -0.39 is 41.8 Å². The van der Waals surface area contributed by atoms with Crippen molar-refractivity contribution in [3.63, 3.8) is 0 Å². The van der Waals surface area contributed by atoms with Crippen molar-refractivity contribution in [2.45, 2.75) is 101 Å². The van der Waals surface area contributed by atoms with Gasteiger partial charge in [-0.05, 0) is 184 Å². The van der Waals surface area contributed by atoms with Gasteiger partial charge in [0.05, 0.1) is 19.3 Å². The molecule has 18 nitrogen and oxygen atoms in total. The summed E-state index contributed by atoms with van der Waals surface area (Å²) in [5, 5.41) is 46.5. The fourth-order valence-electron chi connectivity index (χ4n) is 8.96. The number of benzene rings is 6. The van der Waals surface area contributed by atoms with Crippen LogP contribution >= 0.6 is 0 Å². The van der Waals surface area contributed by atoms with E-state index in [-0.39, 0.29) is 54.2 Å². The lowest BCUT2D eigenvalue weighted by molar-refractivity contribution is -0.126. The van der Waals surface area contributed by atoms with Crippen molar-refractivity contribution < 1.29 is 44.1 Å². The zero-order valence-electron chi connectivity index (χ0n) is 44.3. The molecule has 0 spiro atoms. The molecule has 6 aromatic rings. The highest BCUT2D eigenvalue weighted by molar-refractivity contribution is 5.99. The molecule has 0 unspecified atom stereocenters. The number of nitrogens with one attached hydrogen (secondary N) is 6. The number of phenols is 3. The van der Waals surface area contributed by atoms with Gasteiger partial charge < -0.3 is 64.4 Å². The number of hydrogen-bond donors (Lipinski definition) is 12. The van der Waals surface area contributed by atoms with Crippen LogP contribution in [-0.2, 0) is 48.0 Å². The third-order valence-electron chi connectivity index (χ3n) is 13.2. The first kappa shape index (κ1) is 59.7. The Bertz CT molecular complexity index is 2590. The van der Waals surface area contributed by atoms with Crippen molar-refractivity contribution in [1.29, 1.82) is 0 Å². The molecule has 0 saturated carbocycles. The van der Waals surface area contributed by atoms with Crippen LogP contribution in [0, 0.1) is 0 Å². The molecule has 0 aromatic heterocycles. The maximum atomic E-state index is 13.8. The van der Waals surface area contributed by atoms with Crippen LogP contribution in [-0.4, -0.2) is 88.5 Å². The van der Waals surface area contributed by atoms with E-state index in [0.717, 1.165) is 16.7 Å². The Morgan fingerprint density at radius 3 is 0.810 bits per heavy atom. The van der Waals surface area contributed by atoms with Crippen LogP contribution in [0.25, 0.3) is 0 Å². The Labute approximate surface area is 461 Å². The number of carbonyl (C=O) groups excluding carboxylic acids is 6. The monoisotopic (exact) mass is 1080 g/mol. The third kappa shape index (κ3) is 19.7. The minimum Gasteiger partial charge on any atom is -0.508 e. The molecule has 6 rings (SSSR count). The quantitative estimate of drug-likeness (QED) is 0.0173. The first-order valence-corrected chi connectivity index (χ1v) is 26.7. The molecule has 79 heavy (non-hydrogen) atoms. The van der Waals surface area contributed by atoms with Crippen molar-refractivity contribution in [3.05, 3.63) is 179 Å². The molecule has 15 N–H and O–H groups in total. The molecule has 0 aliphatic carbocycles. The van der Waals surface area contributed by atoms with Crippen LogP contribution in [0.3, 0.4) is 0 Å². The number of unbranched alkanes of at least 4 members (excludes halogenated alkanes) is 3. The summed E-state index contributed by atoms with van der Waals surface area (Å²) in [6.07, 6.45) is 5.01. The van der Waals surface area contributed by atoms with E-state index in [1.165, 1.54) is 36.4 Å². The lowest BCUT2D eigenvalue weighted by Crippen LogP contribution is -2.44. The Morgan fingerprint density at radius 2 is 0.582 bits per heavy atom. The fourth-order valence-corrected chi connectivity index (χ4v) is 8.96. The minimum absolute atomic E-state index is 0.0196. The number of rotatable bonds is 30. The second-order valence-electron chi connectivity index (χ2n) is 19.5. The molecule has 0 fully saturated rings. The number of hydrogen-bond acceptors (Lipinski definition) is 12. The summed E-state index contributed by atoms with van der Waals surface area (Å²) in [4.78, 5) is 80.8. The highest BCUT2D eigenvalue weighted by Crippen LogP contribution is 2.34. The van der Waals surface area contributed by atoms with Gasteiger partial charge in [-0.1, -0.05) is 72.8 Å². The second-order valence-corrected chi connectivity index (χ2v) is 19.5. The molecule has 3 atom stereocenters. The molecular formula is C61H73N9O9. The van der Waals surface area contributed by atoms with Crippen LogP contribution in [0.4, 0.5) is 17.1 Å². The van der Waals surface area contributed by atoms with Crippen molar-refractivity contribution in [2.24, 2.45) is 17.2 Å². The fraction of sp³-hybridized carbons (Fsp3) is 0.311. The van der Waals surface area contributed by atoms with Crippen molar-refractivity contribution >= 4 is 52.5 Å². The normalized spacial score (nSPS) is 12.2. The summed E-state index contributed by atoms with van der Waals surface area (Å²) >= 11 is 0. The van der Waals surface area contributed by atoms with Crippen molar-refractivity contribution in [2.75, 3.05) is 35.6 Å². The van der Waals surface area contributed by atoms with E-state index in [9.17, 15) is 44.1 Å². The maximum Gasteiger partial charge on any atom is 0.246 e. The maximum absolute atomic E-state index is 13.8. The number of carbonyl (C=O) groups is 6. The van der Waals surface area contributed by atoms with Gasteiger partial charge in [-0.15, -0.1) is 0 Å². The summed E-state index contributed by atoms with van der Waals surface area (Å²) in [6.45, 7) is 1.31. The van der Waals surface area contributed by atoms with Gasteiger partial charge in [-0.25, -0.2) is 0 Å².